The van der Waals surface area contributed by atoms with Crippen LogP contribution in [0, 0.1) is 5.82 Å². The summed E-state index contributed by atoms with van der Waals surface area (Å²) in [6, 6.07) is 16.0. The molecule has 0 aliphatic carbocycles. The highest BCUT2D eigenvalue weighted by molar-refractivity contribution is 6.10. The van der Waals surface area contributed by atoms with Crippen molar-refractivity contribution >= 4 is 16.7 Å². The Morgan fingerprint density at radius 3 is 2.73 bits per heavy atom. The van der Waals surface area contributed by atoms with Crippen molar-refractivity contribution in [2.24, 2.45) is 0 Å². The summed E-state index contributed by atoms with van der Waals surface area (Å²) in [7, 11) is 1.98. The van der Waals surface area contributed by atoms with E-state index >= 15 is 0 Å². The van der Waals surface area contributed by atoms with Gasteiger partial charge in [-0.1, -0.05) is 18.2 Å². The van der Waals surface area contributed by atoms with Crippen molar-refractivity contribution in [3.63, 3.8) is 0 Å². The van der Waals surface area contributed by atoms with Crippen LogP contribution in [0.4, 0.5) is 4.39 Å². The molecule has 4 rings (SSSR count). The first-order chi connectivity index (χ1) is 14.5. The monoisotopic (exact) mass is 404 g/mol. The first-order valence-corrected chi connectivity index (χ1v) is 10.1. The highest BCUT2D eigenvalue weighted by atomic mass is 19.1. The van der Waals surface area contributed by atoms with Crippen LogP contribution in [0.15, 0.2) is 60.8 Å². The topological polar surface area (TPSA) is 64.8 Å². The number of Topliss-reactive ketones (excluding diaryl/α,β-unsaturated/α-hetero) is 1. The van der Waals surface area contributed by atoms with Gasteiger partial charge in [-0.3, -0.25) is 14.8 Å². The number of benzene rings is 2. The van der Waals surface area contributed by atoms with Gasteiger partial charge in [0.2, 0.25) is 0 Å². The lowest BCUT2D eigenvalue weighted by Crippen LogP contribution is -2.36. The number of ketones is 1. The molecule has 0 aliphatic rings. The van der Waals surface area contributed by atoms with Gasteiger partial charge < -0.3 is 4.98 Å². The SMILES string of the molecule is CC(C(=O)c1c[nH]c2ccccc12)N(C)CCCc1cc(-c2ccc(F)cc2)n[nH]1. The molecule has 0 fully saturated rings. The Kier molecular flexibility index (Phi) is 5.77. The minimum Gasteiger partial charge on any atom is -0.360 e. The van der Waals surface area contributed by atoms with Gasteiger partial charge in [0, 0.05) is 33.9 Å². The number of fused-ring (bicyclic) bond motifs is 1. The normalized spacial score (nSPS) is 12.5. The third-order valence-electron chi connectivity index (χ3n) is 5.62. The first kappa shape index (κ1) is 20.0. The lowest BCUT2D eigenvalue weighted by Gasteiger charge is -2.23. The molecule has 30 heavy (non-hydrogen) atoms. The number of hydrogen-bond acceptors (Lipinski definition) is 3. The van der Waals surface area contributed by atoms with Gasteiger partial charge in [-0.05, 0) is 69.8 Å². The van der Waals surface area contributed by atoms with Crippen LogP contribution in [0.2, 0.25) is 0 Å². The maximum absolute atomic E-state index is 13.1. The van der Waals surface area contributed by atoms with E-state index in [2.05, 4.69) is 20.1 Å². The molecule has 2 aromatic heterocycles. The average molecular weight is 404 g/mol. The second kappa shape index (κ2) is 8.63. The van der Waals surface area contributed by atoms with E-state index in [-0.39, 0.29) is 17.6 Å². The molecule has 2 aromatic carbocycles. The van der Waals surface area contributed by atoms with Crippen LogP contribution in [0.25, 0.3) is 22.2 Å². The summed E-state index contributed by atoms with van der Waals surface area (Å²) in [5.74, 6) is -0.135. The van der Waals surface area contributed by atoms with Crippen molar-refractivity contribution in [1.82, 2.24) is 20.1 Å². The molecule has 6 heteroatoms. The Balaban J connectivity index is 1.33. The summed E-state index contributed by atoms with van der Waals surface area (Å²) in [6.07, 6.45) is 3.53. The number of halogens is 1. The van der Waals surface area contributed by atoms with Crippen LogP contribution in [0.3, 0.4) is 0 Å². The minimum atomic E-state index is -0.256. The van der Waals surface area contributed by atoms with E-state index in [4.69, 9.17) is 0 Å². The highest BCUT2D eigenvalue weighted by Gasteiger charge is 2.22. The van der Waals surface area contributed by atoms with Crippen molar-refractivity contribution in [2.75, 3.05) is 13.6 Å². The Labute approximate surface area is 174 Å². The lowest BCUT2D eigenvalue weighted by atomic mass is 10.0. The van der Waals surface area contributed by atoms with Gasteiger partial charge in [-0.2, -0.15) is 5.10 Å². The van der Waals surface area contributed by atoms with Crippen LogP contribution in [0.1, 0.15) is 29.4 Å². The molecule has 0 radical (unpaired) electrons. The number of carbonyl (C=O) groups excluding carboxylic acids is 1. The summed E-state index contributed by atoms with van der Waals surface area (Å²) in [5.41, 5.74) is 4.43. The molecule has 5 nitrogen and oxygen atoms in total. The molecule has 1 atom stereocenters. The van der Waals surface area contributed by atoms with Crippen molar-refractivity contribution in [3.8, 4) is 11.3 Å². The lowest BCUT2D eigenvalue weighted by molar-refractivity contribution is 0.0869. The number of hydrogen-bond donors (Lipinski definition) is 2. The van der Waals surface area contributed by atoms with Gasteiger partial charge in [0.1, 0.15) is 5.82 Å². The zero-order valence-corrected chi connectivity index (χ0v) is 17.2. The molecule has 0 aliphatic heterocycles. The molecule has 0 bridgehead atoms. The van der Waals surface area contributed by atoms with Crippen molar-refractivity contribution in [3.05, 3.63) is 77.9 Å². The van der Waals surface area contributed by atoms with Crippen LogP contribution >= 0.6 is 0 Å². The summed E-state index contributed by atoms with van der Waals surface area (Å²) in [4.78, 5) is 18.2. The molecular formula is C24H25FN4O. The fourth-order valence-corrected chi connectivity index (χ4v) is 3.67. The predicted octanol–water partition coefficient (Wildman–Crippen LogP) is 4.83. The average Bonchev–Trinajstić information content (AvgIpc) is 3.40. The second-order valence-electron chi connectivity index (χ2n) is 7.66. The van der Waals surface area contributed by atoms with Crippen LogP contribution < -0.4 is 0 Å². The Hall–Kier alpha value is -3.25. The van der Waals surface area contributed by atoms with Gasteiger partial charge in [-0.25, -0.2) is 4.39 Å². The van der Waals surface area contributed by atoms with Crippen LogP contribution in [-0.2, 0) is 6.42 Å². The van der Waals surface area contributed by atoms with E-state index in [1.165, 1.54) is 12.1 Å². The number of aromatic amines is 2. The molecule has 1 unspecified atom stereocenters. The summed E-state index contributed by atoms with van der Waals surface area (Å²) >= 11 is 0. The smallest absolute Gasteiger partial charge is 0.181 e. The van der Waals surface area contributed by atoms with Gasteiger partial charge >= 0.3 is 0 Å². The number of likely N-dealkylation sites (N-methyl/N-ethyl adjacent to an activating group) is 1. The fourth-order valence-electron chi connectivity index (χ4n) is 3.67. The zero-order valence-electron chi connectivity index (χ0n) is 17.2. The van der Waals surface area contributed by atoms with E-state index in [1.54, 1.807) is 18.3 Å². The molecule has 0 saturated heterocycles. The van der Waals surface area contributed by atoms with E-state index in [0.717, 1.165) is 52.8 Å². The molecule has 2 heterocycles. The van der Waals surface area contributed by atoms with Gasteiger partial charge in [0.15, 0.2) is 5.78 Å². The predicted molar refractivity (Wildman–Crippen MR) is 117 cm³/mol. The second-order valence-corrected chi connectivity index (χ2v) is 7.66. The fraction of sp³-hybridized carbons (Fsp3) is 0.250. The summed E-state index contributed by atoms with van der Waals surface area (Å²) in [6.45, 7) is 2.74. The highest BCUT2D eigenvalue weighted by Crippen LogP contribution is 2.21. The van der Waals surface area contributed by atoms with Crippen molar-refractivity contribution < 1.29 is 9.18 Å². The van der Waals surface area contributed by atoms with E-state index in [9.17, 15) is 9.18 Å². The number of aryl methyl sites for hydroxylation is 1. The largest absolute Gasteiger partial charge is 0.360 e. The number of aromatic nitrogens is 3. The van der Waals surface area contributed by atoms with Gasteiger partial charge in [-0.15, -0.1) is 0 Å². The standard InChI is InChI=1S/C24H25FN4O/c1-16(24(30)21-15-26-22-8-4-3-7-20(21)22)29(2)13-5-6-19-14-23(28-27-19)17-9-11-18(25)12-10-17/h3-4,7-12,14-16,26H,5-6,13H2,1-2H3,(H,27,28). The molecular weight excluding hydrogens is 379 g/mol. The maximum atomic E-state index is 13.1. The first-order valence-electron chi connectivity index (χ1n) is 10.1. The molecule has 0 amide bonds. The third kappa shape index (κ3) is 4.19. The number of para-hydroxylation sites is 1. The number of rotatable bonds is 8. The zero-order chi connectivity index (χ0) is 21.1. The number of H-pyrrole nitrogens is 2. The van der Waals surface area contributed by atoms with E-state index < -0.39 is 0 Å². The molecule has 2 N–H and O–H groups in total. The molecule has 0 saturated carbocycles. The van der Waals surface area contributed by atoms with E-state index in [1.807, 2.05) is 44.3 Å². The Bertz CT molecular complexity index is 1150. The van der Waals surface area contributed by atoms with Gasteiger partial charge in [0.25, 0.3) is 0 Å². The van der Waals surface area contributed by atoms with E-state index in [0.29, 0.717) is 0 Å². The molecule has 154 valence electrons. The Morgan fingerprint density at radius 1 is 1.17 bits per heavy atom. The Morgan fingerprint density at radius 2 is 1.93 bits per heavy atom. The number of nitrogens with one attached hydrogen (secondary N) is 2. The van der Waals surface area contributed by atoms with Crippen molar-refractivity contribution in [2.45, 2.75) is 25.8 Å². The summed E-state index contributed by atoms with van der Waals surface area (Å²) < 4.78 is 13.1. The number of carbonyl (C=O) groups is 1. The quantitative estimate of drug-likeness (QED) is 0.413. The maximum Gasteiger partial charge on any atom is 0.181 e. The minimum absolute atomic E-state index is 0.120. The van der Waals surface area contributed by atoms with Crippen molar-refractivity contribution in [1.29, 1.82) is 0 Å². The number of nitrogens with zero attached hydrogens (tertiary/aromatic N) is 2. The third-order valence-corrected chi connectivity index (χ3v) is 5.62. The van der Waals surface area contributed by atoms with Gasteiger partial charge in [0.05, 0.1) is 11.7 Å². The summed E-state index contributed by atoms with van der Waals surface area (Å²) in [5, 5.41) is 8.34. The van der Waals surface area contributed by atoms with Crippen LogP contribution in [-0.4, -0.2) is 45.5 Å². The molecule has 0 spiro atoms. The van der Waals surface area contributed by atoms with Crippen LogP contribution in [0.5, 0.6) is 0 Å². The molecule has 4 aromatic rings.